The minimum Gasteiger partial charge on any atom is -0.344 e. The summed E-state index contributed by atoms with van der Waals surface area (Å²) in [7, 11) is -5.62. The van der Waals surface area contributed by atoms with Crippen LogP contribution in [-0.4, -0.2) is 13.9 Å². The molecule has 0 heterocycles. The van der Waals surface area contributed by atoms with Gasteiger partial charge in [-0.15, -0.1) is 0 Å². The molecule has 0 aromatic heterocycles. The molecule has 0 aliphatic rings. The quantitative estimate of drug-likeness (QED) is 0.828. The first-order valence-corrected chi connectivity index (χ1v) is 7.27. The SMILES string of the molecule is N#CC(C#N)=C(C#N)Nc1cc(S(=O)(=O)C(F)(F)F)ccc1Cl. The first-order chi connectivity index (χ1) is 10.6. The lowest BCUT2D eigenvalue weighted by atomic mass is 10.2. The van der Waals surface area contributed by atoms with Gasteiger partial charge in [0.1, 0.15) is 23.9 Å². The monoisotopic (exact) mass is 360 g/mol. The summed E-state index contributed by atoms with van der Waals surface area (Å²) in [6.45, 7) is 0. The fourth-order valence-electron chi connectivity index (χ4n) is 1.32. The summed E-state index contributed by atoms with van der Waals surface area (Å²) >= 11 is 5.72. The van der Waals surface area contributed by atoms with E-state index in [9.17, 15) is 21.6 Å². The van der Waals surface area contributed by atoms with Gasteiger partial charge in [-0.05, 0) is 18.2 Å². The molecule has 0 spiro atoms. The smallest absolute Gasteiger partial charge is 0.344 e. The van der Waals surface area contributed by atoms with Crippen LogP contribution in [0.4, 0.5) is 18.9 Å². The molecule has 0 fully saturated rings. The minimum atomic E-state index is -5.62. The van der Waals surface area contributed by atoms with Crippen molar-refractivity contribution < 1.29 is 21.6 Å². The van der Waals surface area contributed by atoms with Crippen molar-refractivity contribution in [3.63, 3.8) is 0 Å². The molecular formula is C12H4ClF3N4O2S. The summed E-state index contributed by atoms with van der Waals surface area (Å²) in [5.41, 5.74) is -7.13. The van der Waals surface area contributed by atoms with Crippen molar-refractivity contribution >= 4 is 27.1 Å². The second-order valence-electron chi connectivity index (χ2n) is 3.80. The fourth-order valence-corrected chi connectivity index (χ4v) is 2.27. The van der Waals surface area contributed by atoms with Gasteiger partial charge in [-0.3, -0.25) is 0 Å². The zero-order valence-corrected chi connectivity index (χ0v) is 12.4. The fraction of sp³-hybridized carbons (Fsp3) is 0.0833. The van der Waals surface area contributed by atoms with Crippen LogP contribution in [0.15, 0.2) is 34.4 Å². The summed E-state index contributed by atoms with van der Waals surface area (Å²) in [4.78, 5) is -1.11. The molecule has 1 aromatic rings. The second kappa shape index (κ2) is 6.57. The third kappa shape index (κ3) is 3.72. The first-order valence-electron chi connectivity index (χ1n) is 5.41. The Hall–Kier alpha value is -2.74. The van der Waals surface area contributed by atoms with Gasteiger partial charge in [0.15, 0.2) is 5.57 Å². The Morgan fingerprint density at radius 2 is 1.70 bits per heavy atom. The average molecular weight is 361 g/mol. The van der Waals surface area contributed by atoms with Crippen LogP contribution in [0.1, 0.15) is 0 Å². The molecule has 0 unspecified atom stereocenters. The van der Waals surface area contributed by atoms with Gasteiger partial charge in [0.05, 0.1) is 15.6 Å². The van der Waals surface area contributed by atoms with Crippen molar-refractivity contribution in [2.75, 3.05) is 5.32 Å². The number of nitrogens with one attached hydrogen (secondary N) is 1. The van der Waals surface area contributed by atoms with Crippen molar-refractivity contribution in [2.24, 2.45) is 0 Å². The standard InChI is InChI=1S/C12H4ClF3N4O2S/c13-9-2-1-8(23(21,22)12(14,15)16)3-10(9)20-11(6-19)7(4-17)5-18/h1-3,20H. The maximum atomic E-state index is 12.5. The van der Waals surface area contributed by atoms with Crippen LogP contribution in [0.3, 0.4) is 0 Å². The first kappa shape index (κ1) is 18.3. The van der Waals surface area contributed by atoms with Crippen LogP contribution < -0.4 is 5.32 Å². The highest BCUT2D eigenvalue weighted by Gasteiger charge is 2.47. The molecule has 0 saturated carbocycles. The zero-order chi connectivity index (χ0) is 17.8. The molecule has 1 N–H and O–H groups in total. The van der Waals surface area contributed by atoms with E-state index in [-0.39, 0.29) is 10.7 Å². The molecule has 1 rings (SSSR count). The summed E-state index contributed by atoms with van der Waals surface area (Å²) in [6, 6.07) is 6.33. The van der Waals surface area contributed by atoms with Crippen molar-refractivity contribution in [3.8, 4) is 18.2 Å². The number of allylic oxidation sites excluding steroid dienone is 2. The number of benzene rings is 1. The van der Waals surface area contributed by atoms with Crippen LogP contribution >= 0.6 is 11.6 Å². The molecule has 0 bridgehead atoms. The van der Waals surface area contributed by atoms with E-state index in [1.165, 1.54) is 18.2 Å². The van der Waals surface area contributed by atoms with Crippen molar-refractivity contribution in [1.82, 2.24) is 0 Å². The molecule has 6 nitrogen and oxygen atoms in total. The topological polar surface area (TPSA) is 118 Å². The molecular weight excluding hydrogens is 357 g/mol. The van der Waals surface area contributed by atoms with Gasteiger partial charge < -0.3 is 5.32 Å². The van der Waals surface area contributed by atoms with Gasteiger partial charge in [-0.2, -0.15) is 29.0 Å². The number of hydrogen-bond donors (Lipinski definition) is 1. The highest BCUT2D eigenvalue weighted by Crippen LogP contribution is 2.34. The largest absolute Gasteiger partial charge is 0.501 e. The Bertz CT molecular complexity index is 886. The van der Waals surface area contributed by atoms with Crippen LogP contribution in [0.2, 0.25) is 5.02 Å². The van der Waals surface area contributed by atoms with Crippen molar-refractivity contribution in [2.45, 2.75) is 10.4 Å². The Kier molecular flexibility index (Phi) is 5.23. The predicted molar refractivity (Wildman–Crippen MR) is 72.2 cm³/mol. The van der Waals surface area contributed by atoms with E-state index < -0.39 is 31.5 Å². The predicted octanol–water partition coefficient (Wildman–Crippen LogP) is 2.87. The maximum Gasteiger partial charge on any atom is 0.501 e. The molecule has 118 valence electrons. The molecule has 0 aliphatic heterocycles. The lowest BCUT2D eigenvalue weighted by Gasteiger charge is -2.11. The van der Waals surface area contributed by atoms with E-state index in [4.69, 9.17) is 27.4 Å². The molecule has 0 atom stereocenters. The summed E-state index contributed by atoms with van der Waals surface area (Å²) < 4.78 is 60.3. The van der Waals surface area contributed by atoms with E-state index in [0.29, 0.717) is 12.1 Å². The highest BCUT2D eigenvalue weighted by molar-refractivity contribution is 7.92. The Balaban J connectivity index is 3.47. The summed E-state index contributed by atoms with van der Waals surface area (Å²) in [5, 5.41) is 28.1. The zero-order valence-electron chi connectivity index (χ0n) is 10.8. The minimum absolute atomic E-state index is 0.214. The maximum absolute atomic E-state index is 12.5. The molecule has 0 amide bonds. The number of rotatable bonds is 3. The van der Waals surface area contributed by atoms with Gasteiger partial charge in [0, 0.05) is 0 Å². The van der Waals surface area contributed by atoms with E-state index in [1.54, 1.807) is 0 Å². The summed E-state index contributed by atoms with van der Waals surface area (Å²) in [5.74, 6) is 0. The van der Waals surface area contributed by atoms with Gasteiger partial charge in [0.25, 0.3) is 9.84 Å². The number of nitriles is 3. The molecule has 11 heteroatoms. The number of hydrogen-bond acceptors (Lipinski definition) is 6. The van der Waals surface area contributed by atoms with Crippen LogP contribution in [0.25, 0.3) is 0 Å². The third-order valence-corrected chi connectivity index (χ3v) is 4.21. The van der Waals surface area contributed by atoms with Crippen molar-refractivity contribution in [1.29, 1.82) is 15.8 Å². The van der Waals surface area contributed by atoms with Gasteiger partial charge in [-0.1, -0.05) is 11.6 Å². The molecule has 23 heavy (non-hydrogen) atoms. The molecule has 0 radical (unpaired) electrons. The Labute approximate surface area is 133 Å². The number of alkyl halides is 3. The van der Waals surface area contributed by atoms with Crippen LogP contribution in [-0.2, 0) is 9.84 Å². The van der Waals surface area contributed by atoms with E-state index in [1.807, 2.05) is 0 Å². The van der Waals surface area contributed by atoms with E-state index in [0.717, 1.165) is 6.07 Å². The normalized spacial score (nSPS) is 10.8. The Morgan fingerprint density at radius 1 is 1.13 bits per heavy atom. The van der Waals surface area contributed by atoms with E-state index in [2.05, 4.69) is 5.32 Å². The third-order valence-electron chi connectivity index (χ3n) is 2.40. The molecule has 0 saturated heterocycles. The van der Waals surface area contributed by atoms with Gasteiger partial charge >= 0.3 is 5.51 Å². The van der Waals surface area contributed by atoms with E-state index >= 15 is 0 Å². The van der Waals surface area contributed by atoms with Gasteiger partial charge in [0.2, 0.25) is 0 Å². The number of halogens is 4. The second-order valence-corrected chi connectivity index (χ2v) is 6.15. The highest BCUT2D eigenvalue weighted by atomic mass is 35.5. The lowest BCUT2D eigenvalue weighted by molar-refractivity contribution is -0.0435. The average Bonchev–Trinajstić information content (AvgIpc) is 2.47. The Morgan fingerprint density at radius 3 is 2.13 bits per heavy atom. The lowest BCUT2D eigenvalue weighted by Crippen LogP contribution is -2.23. The summed E-state index contributed by atoms with van der Waals surface area (Å²) in [6.07, 6.45) is 0. The number of anilines is 1. The molecule has 1 aromatic carbocycles. The molecule has 0 aliphatic carbocycles. The van der Waals surface area contributed by atoms with Crippen LogP contribution in [0, 0.1) is 34.0 Å². The van der Waals surface area contributed by atoms with Crippen molar-refractivity contribution in [3.05, 3.63) is 34.5 Å². The number of nitrogens with zero attached hydrogens (tertiary/aromatic N) is 3. The van der Waals surface area contributed by atoms with Gasteiger partial charge in [-0.25, -0.2) is 8.42 Å². The van der Waals surface area contributed by atoms with Crippen LogP contribution in [0.5, 0.6) is 0 Å². The number of sulfone groups is 1.